The number of fused-ring (bicyclic) bond motifs is 1. The molecule has 162 valence electrons. The molecule has 0 aromatic carbocycles. The summed E-state index contributed by atoms with van der Waals surface area (Å²) in [6.45, 7) is 4.81. The second-order valence-corrected chi connectivity index (χ2v) is 11.4. The maximum atomic E-state index is 14.8. The van der Waals surface area contributed by atoms with Crippen molar-refractivity contribution >= 4 is 33.0 Å². The second-order valence-electron chi connectivity index (χ2n) is 8.34. The molecule has 0 aliphatic heterocycles. The Morgan fingerprint density at radius 1 is 1.43 bits per heavy atom. The Morgan fingerprint density at radius 2 is 2.13 bits per heavy atom. The van der Waals surface area contributed by atoms with Gasteiger partial charge in [0.1, 0.15) is 14.8 Å². The van der Waals surface area contributed by atoms with Crippen molar-refractivity contribution in [2.24, 2.45) is 9.50 Å². The Balaban J connectivity index is 1.67. The van der Waals surface area contributed by atoms with Gasteiger partial charge in [-0.15, -0.1) is 15.7 Å². The Bertz CT molecular complexity index is 1160. The highest BCUT2D eigenvalue weighted by molar-refractivity contribution is 7.93. The number of anilines is 1. The van der Waals surface area contributed by atoms with E-state index in [0.29, 0.717) is 34.8 Å². The third-order valence-corrected chi connectivity index (χ3v) is 8.52. The standard InChI is InChI=1S/C19H24FN5O3S2/c1-10-14(11-5-4-6-12(11)23-15(10)19(20)7-8-19)24-17(26)25-30(21,28)13-9-22-16(29-13)18(2,3)27/h9,27H,4-8H2,1-3H3,(H3,21,23,24,25,26,28)/t30-/m1/s1. The van der Waals surface area contributed by atoms with Crippen LogP contribution in [0.15, 0.2) is 14.8 Å². The first-order chi connectivity index (χ1) is 13.9. The molecule has 0 spiro atoms. The van der Waals surface area contributed by atoms with Gasteiger partial charge < -0.3 is 10.4 Å². The fourth-order valence-corrected chi connectivity index (χ4v) is 5.67. The van der Waals surface area contributed by atoms with Crippen LogP contribution in [0.4, 0.5) is 14.9 Å². The number of pyridine rings is 1. The number of nitrogens with one attached hydrogen (secondary N) is 1. The number of thiazole rings is 1. The summed E-state index contributed by atoms with van der Waals surface area (Å²) in [5.74, 6) is 0. The van der Waals surface area contributed by atoms with Crippen molar-refractivity contribution < 1.29 is 18.5 Å². The van der Waals surface area contributed by atoms with Crippen LogP contribution in [0.5, 0.6) is 0 Å². The molecule has 1 saturated carbocycles. The summed E-state index contributed by atoms with van der Waals surface area (Å²) in [5, 5.41) is 18.8. The Morgan fingerprint density at radius 3 is 2.73 bits per heavy atom. The van der Waals surface area contributed by atoms with Crippen LogP contribution < -0.4 is 10.5 Å². The molecule has 2 aromatic rings. The molecule has 8 nitrogen and oxygen atoms in total. The van der Waals surface area contributed by atoms with Crippen LogP contribution in [-0.4, -0.2) is 25.3 Å². The topological polar surface area (TPSA) is 131 Å². The van der Waals surface area contributed by atoms with Gasteiger partial charge in [-0.05, 0) is 64.0 Å². The van der Waals surface area contributed by atoms with Crippen LogP contribution in [0.3, 0.4) is 0 Å². The monoisotopic (exact) mass is 453 g/mol. The molecule has 4 N–H and O–H groups in total. The molecule has 0 unspecified atom stereocenters. The number of aryl methyl sites for hydroxylation is 1. The van der Waals surface area contributed by atoms with Crippen molar-refractivity contribution in [3.63, 3.8) is 0 Å². The number of urea groups is 1. The van der Waals surface area contributed by atoms with Crippen molar-refractivity contribution in [1.82, 2.24) is 9.97 Å². The van der Waals surface area contributed by atoms with E-state index in [2.05, 4.69) is 19.6 Å². The lowest BCUT2D eigenvalue weighted by atomic mass is 10.0. The van der Waals surface area contributed by atoms with Crippen LogP contribution in [0.1, 0.15) is 60.6 Å². The molecule has 2 heterocycles. The van der Waals surface area contributed by atoms with E-state index < -0.39 is 27.2 Å². The maximum absolute atomic E-state index is 14.8. The molecule has 2 aliphatic rings. The smallest absolute Gasteiger partial charge is 0.354 e. The number of nitrogens with two attached hydrogens (primary N) is 1. The van der Waals surface area contributed by atoms with E-state index in [4.69, 9.17) is 5.14 Å². The number of alkyl halides is 1. The molecule has 2 amide bonds. The van der Waals surface area contributed by atoms with Gasteiger partial charge in [0.2, 0.25) is 0 Å². The lowest BCUT2D eigenvalue weighted by Gasteiger charge is -2.17. The van der Waals surface area contributed by atoms with E-state index in [1.807, 2.05) is 0 Å². The minimum Gasteiger partial charge on any atom is -0.383 e. The molecular formula is C19H24FN5O3S2. The van der Waals surface area contributed by atoms with E-state index in [1.165, 1.54) is 6.20 Å². The molecular weight excluding hydrogens is 429 g/mol. The van der Waals surface area contributed by atoms with E-state index >= 15 is 0 Å². The third kappa shape index (κ3) is 3.86. The minimum atomic E-state index is -3.55. The van der Waals surface area contributed by atoms with Gasteiger partial charge in [-0.2, -0.15) is 0 Å². The number of carbonyl (C=O) groups is 1. The van der Waals surface area contributed by atoms with E-state index in [1.54, 1.807) is 20.8 Å². The van der Waals surface area contributed by atoms with Gasteiger partial charge in [-0.1, -0.05) is 0 Å². The lowest BCUT2D eigenvalue weighted by Crippen LogP contribution is -2.19. The number of amides is 2. The van der Waals surface area contributed by atoms with Crippen LogP contribution in [0, 0.1) is 6.92 Å². The van der Waals surface area contributed by atoms with Gasteiger partial charge in [-0.3, -0.25) is 4.98 Å². The molecule has 1 atom stereocenters. The molecule has 2 aliphatic carbocycles. The zero-order valence-electron chi connectivity index (χ0n) is 17.0. The lowest BCUT2D eigenvalue weighted by molar-refractivity contribution is 0.0783. The number of hydrogen-bond acceptors (Lipinski definition) is 6. The maximum Gasteiger partial charge on any atom is 0.354 e. The van der Waals surface area contributed by atoms with Crippen LogP contribution in [0.2, 0.25) is 0 Å². The quantitative estimate of drug-likeness (QED) is 0.653. The molecule has 0 saturated heterocycles. The summed E-state index contributed by atoms with van der Waals surface area (Å²) < 4.78 is 31.4. The first-order valence-electron chi connectivity index (χ1n) is 9.67. The summed E-state index contributed by atoms with van der Waals surface area (Å²) in [4.78, 5) is 21.2. The molecule has 11 heteroatoms. The summed E-state index contributed by atoms with van der Waals surface area (Å²) in [5.41, 5.74) is 0.429. The largest absolute Gasteiger partial charge is 0.383 e. The molecule has 30 heavy (non-hydrogen) atoms. The fourth-order valence-electron chi connectivity index (χ4n) is 3.61. The number of aliphatic hydroxyl groups is 1. The Hall–Kier alpha value is -1.95. The average molecular weight is 454 g/mol. The average Bonchev–Trinajstić information content (AvgIpc) is 3.06. The third-order valence-electron chi connectivity index (χ3n) is 5.33. The molecule has 4 rings (SSSR count). The van der Waals surface area contributed by atoms with Crippen LogP contribution >= 0.6 is 11.3 Å². The van der Waals surface area contributed by atoms with Crippen molar-refractivity contribution in [3.05, 3.63) is 33.7 Å². The first kappa shape index (κ1) is 21.3. The van der Waals surface area contributed by atoms with E-state index in [0.717, 1.165) is 41.9 Å². The zero-order valence-corrected chi connectivity index (χ0v) is 18.6. The molecule has 0 radical (unpaired) electrons. The van der Waals surface area contributed by atoms with E-state index in [9.17, 15) is 18.5 Å². The number of hydrogen-bond donors (Lipinski definition) is 3. The van der Waals surface area contributed by atoms with Gasteiger partial charge in [0.05, 0.1) is 17.6 Å². The van der Waals surface area contributed by atoms with Gasteiger partial charge in [0.25, 0.3) is 0 Å². The number of nitrogens with zero attached hydrogens (tertiary/aromatic N) is 3. The predicted molar refractivity (Wildman–Crippen MR) is 112 cm³/mol. The van der Waals surface area contributed by atoms with Gasteiger partial charge >= 0.3 is 6.03 Å². The predicted octanol–water partition coefficient (Wildman–Crippen LogP) is 3.45. The van der Waals surface area contributed by atoms with Gasteiger partial charge in [-0.25, -0.2) is 23.5 Å². The summed E-state index contributed by atoms with van der Waals surface area (Å²) in [6.07, 6.45) is 4.42. The number of rotatable bonds is 4. The highest BCUT2D eigenvalue weighted by Crippen LogP contribution is 2.51. The van der Waals surface area contributed by atoms with Crippen LogP contribution in [0.25, 0.3) is 0 Å². The van der Waals surface area contributed by atoms with Crippen molar-refractivity contribution in [2.75, 3.05) is 5.32 Å². The summed E-state index contributed by atoms with van der Waals surface area (Å²) in [6, 6.07) is -0.876. The Labute approximate surface area is 178 Å². The van der Waals surface area contributed by atoms with E-state index in [-0.39, 0.29) is 4.21 Å². The summed E-state index contributed by atoms with van der Waals surface area (Å²) in [7, 11) is -3.55. The number of aromatic nitrogens is 2. The number of carbonyl (C=O) groups excluding carboxylic acids is 1. The first-order valence-corrected chi connectivity index (χ1v) is 12.1. The SMILES string of the molecule is Cc1c(C2(F)CC2)nc2c(c1NC(=O)N=[S@@](N)(=O)c1cnc(C(C)(C)O)s1)CCC2. The van der Waals surface area contributed by atoms with Crippen molar-refractivity contribution in [3.8, 4) is 0 Å². The second kappa shape index (κ2) is 7.04. The zero-order chi connectivity index (χ0) is 21.9. The van der Waals surface area contributed by atoms with Gasteiger partial charge in [0.15, 0.2) is 15.6 Å². The summed E-state index contributed by atoms with van der Waals surface area (Å²) >= 11 is 0.937. The van der Waals surface area contributed by atoms with Gasteiger partial charge in [0, 0.05) is 5.69 Å². The highest BCUT2D eigenvalue weighted by Gasteiger charge is 2.48. The molecule has 2 aromatic heterocycles. The normalized spacial score (nSPS) is 19.1. The minimum absolute atomic E-state index is 0.0906. The van der Waals surface area contributed by atoms with Crippen molar-refractivity contribution in [1.29, 1.82) is 0 Å². The van der Waals surface area contributed by atoms with Crippen molar-refractivity contribution in [2.45, 2.75) is 68.4 Å². The van der Waals surface area contributed by atoms with Crippen LogP contribution in [-0.2, 0) is 34.0 Å². The fraction of sp³-hybridized carbons (Fsp3) is 0.526. The Kier molecular flexibility index (Phi) is 5.00. The number of halogens is 1. The highest BCUT2D eigenvalue weighted by atomic mass is 32.2. The molecule has 0 bridgehead atoms. The molecule has 1 fully saturated rings.